The zero-order valence-electron chi connectivity index (χ0n) is 12.1. The van der Waals surface area contributed by atoms with Crippen molar-refractivity contribution >= 4 is 5.52 Å². The first-order chi connectivity index (χ1) is 9.53. The molecule has 1 N–H and O–H groups in total. The van der Waals surface area contributed by atoms with E-state index in [2.05, 4.69) is 29.2 Å². The third-order valence-corrected chi connectivity index (χ3v) is 3.29. The highest BCUT2D eigenvalue weighted by Gasteiger charge is 2.28. The normalized spacial score (nSPS) is 22.1. The van der Waals surface area contributed by atoms with Crippen LogP contribution in [0.5, 0.6) is 5.88 Å². The van der Waals surface area contributed by atoms with E-state index in [4.69, 9.17) is 9.47 Å². The van der Waals surface area contributed by atoms with E-state index in [9.17, 15) is 0 Å². The van der Waals surface area contributed by atoms with Gasteiger partial charge in [0.25, 0.3) is 0 Å². The minimum absolute atomic E-state index is 0.0322. The summed E-state index contributed by atoms with van der Waals surface area (Å²) < 4.78 is 13.6. The van der Waals surface area contributed by atoms with Gasteiger partial charge in [0.1, 0.15) is 18.2 Å². The molecule has 1 saturated heterocycles. The second-order valence-corrected chi connectivity index (χ2v) is 5.79. The van der Waals surface area contributed by atoms with Crippen molar-refractivity contribution in [3.63, 3.8) is 0 Å². The molecule has 0 radical (unpaired) electrons. The zero-order chi connectivity index (χ0) is 14.2. The Morgan fingerprint density at radius 1 is 1.55 bits per heavy atom. The van der Waals surface area contributed by atoms with Gasteiger partial charge in [0.15, 0.2) is 0 Å². The van der Waals surface area contributed by atoms with Gasteiger partial charge < -0.3 is 14.8 Å². The molecule has 0 amide bonds. The van der Waals surface area contributed by atoms with Crippen LogP contribution in [0.4, 0.5) is 0 Å². The van der Waals surface area contributed by atoms with Gasteiger partial charge in [0.2, 0.25) is 5.88 Å². The summed E-state index contributed by atoms with van der Waals surface area (Å²) in [5.74, 6) is 0.597. The molecule has 0 saturated carbocycles. The Balaban J connectivity index is 1.71. The molecule has 1 aliphatic rings. The number of hydrogen-bond acceptors (Lipinski definition) is 5. The van der Waals surface area contributed by atoms with Crippen LogP contribution in [0.15, 0.2) is 18.5 Å². The Morgan fingerprint density at radius 3 is 3.20 bits per heavy atom. The summed E-state index contributed by atoms with van der Waals surface area (Å²) in [6, 6.07) is 1.96. The van der Waals surface area contributed by atoms with Crippen molar-refractivity contribution in [3.05, 3.63) is 24.2 Å². The van der Waals surface area contributed by atoms with E-state index in [1.807, 2.05) is 19.2 Å². The minimum atomic E-state index is -0.154. The first kappa shape index (κ1) is 13.3. The van der Waals surface area contributed by atoms with Gasteiger partial charge in [-0.05, 0) is 26.8 Å². The number of fused-ring (bicyclic) bond motifs is 1. The number of ether oxygens (including phenoxy) is 2. The number of rotatable bonds is 3. The molecule has 2 aromatic rings. The predicted molar refractivity (Wildman–Crippen MR) is 75.0 cm³/mol. The minimum Gasteiger partial charge on any atom is -0.473 e. The SMILES string of the molecule is Cc1cc2c(OCC3CNCC(C)(C)O3)nccn2n1. The molecule has 0 bridgehead atoms. The highest BCUT2D eigenvalue weighted by Crippen LogP contribution is 2.19. The lowest BCUT2D eigenvalue weighted by molar-refractivity contribution is -0.107. The van der Waals surface area contributed by atoms with Crippen LogP contribution in [0, 0.1) is 6.92 Å². The molecule has 1 aliphatic heterocycles. The van der Waals surface area contributed by atoms with Gasteiger partial charge in [-0.2, -0.15) is 5.10 Å². The monoisotopic (exact) mass is 276 g/mol. The van der Waals surface area contributed by atoms with E-state index in [0.29, 0.717) is 12.5 Å². The Morgan fingerprint density at radius 2 is 2.40 bits per heavy atom. The fourth-order valence-corrected chi connectivity index (χ4v) is 2.47. The smallest absolute Gasteiger partial charge is 0.240 e. The number of morpholine rings is 1. The van der Waals surface area contributed by atoms with Crippen molar-refractivity contribution in [2.24, 2.45) is 0 Å². The van der Waals surface area contributed by atoms with E-state index in [0.717, 1.165) is 24.3 Å². The molecule has 0 spiro atoms. The van der Waals surface area contributed by atoms with Gasteiger partial charge in [-0.1, -0.05) is 0 Å². The quantitative estimate of drug-likeness (QED) is 0.912. The van der Waals surface area contributed by atoms with Gasteiger partial charge in [-0.25, -0.2) is 9.50 Å². The van der Waals surface area contributed by atoms with Gasteiger partial charge in [0, 0.05) is 25.5 Å². The molecule has 6 heteroatoms. The van der Waals surface area contributed by atoms with Gasteiger partial charge in [0.05, 0.1) is 11.3 Å². The molecular formula is C14H20N4O2. The highest BCUT2D eigenvalue weighted by atomic mass is 16.6. The number of hydrogen-bond donors (Lipinski definition) is 1. The van der Waals surface area contributed by atoms with Crippen LogP contribution in [0.3, 0.4) is 0 Å². The summed E-state index contributed by atoms with van der Waals surface area (Å²) in [6.45, 7) is 8.24. The lowest BCUT2D eigenvalue weighted by atomic mass is 10.1. The topological polar surface area (TPSA) is 60.7 Å². The fourth-order valence-electron chi connectivity index (χ4n) is 2.47. The number of nitrogens with zero attached hydrogens (tertiary/aromatic N) is 3. The van der Waals surface area contributed by atoms with Crippen LogP contribution in [-0.2, 0) is 4.74 Å². The Bertz CT molecular complexity index is 608. The van der Waals surface area contributed by atoms with Crippen LogP contribution >= 0.6 is 0 Å². The molecule has 3 rings (SSSR count). The highest BCUT2D eigenvalue weighted by molar-refractivity contribution is 5.56. The van der Waals surface area contributed by atoms with Crippen LogP contribution in [0.25, 0.3) is 5.52 Å². The predicted octanol–water partition coefficient (Wildman–Crippen LogP) is 1.18. The van der Waals surface area contributed by atoms with Crippen molar-refractivity contribution < 1.29 is 9.47 Å². The number of aromatic nitrogens is 3. The Hall–Kier alpha value is -1.66. The maximum Gasteiger partial charge on any atom is 0.240 e. The summed E-state index contributed by atoms with van der Waals surface area (Å²) in [4.78, 5) is 4.28. The molecule has 0 aromatic carbocycles. The second-order valence-electron chi connectivity index (χ2n) is 5.79. The summed E-state index contributed by atoms with van der Waals surface area (Å²) in [6.07, 6.45) is 3.54. The summed E-state index contributed by atoms with van der Waals surface area (Å²) in [7, 11) is 0. The van der Waals surface area contributed by atoms with E-state index < -0.39 is 0 Å². The van der Waals surface area contributed by atoms with E-state index >= 15 is 0 Å². The third-order valence-electron chi connectivity index (χ3n) is 3.29. The van der Waals surface area contributed by atoms with Gasteiger partial charge in [-0.15, -0.1) is 0 Å². The van der Waals surface area contributed by atoms with Crippen molar-refractivity contribution in [1.29, 1.82) is 0 Å². The largest absolute Gasteiger partial charge is 0.473 e. The van der Waals surface area contributed by atoms with Crippen molar-refractivity contribution in [3.8, 4) is 5.88 Å². The molecule has 108 valence electrons. The maximum absolute atomic E-state index is 5.98. The van der Waals surface area contributed by atoms with Gasteiger partial charge >= 0.3 is 0 Å². The lowest BCUT2D eigenvalue weighted by Gasteiger charge is -2.36. The molecule has 3 heterocycles. The summed E-state index contributed by atoms with van der Waals surface area (Å²) >= 11 is 0. The molecule has 6 nitrogen and oxygen atoms in total. The average Bonchev–Trinajstić information content (AvgIpc) is 2.76. The summed E-state index contributed by atoms with van der Waals surface area (Å²) in [5.41, 5.74) is 1.67. The second kappa shape index (κ2) is 5.03. The molecule has 2 aromatic heterocycles. The molecular weight excluding hydrogens is 256 g/mol. The zero-order valence-corrected chi connectivity index (χ0v) is 12.1. The first-order valence-corrected chi connectivity index (χ1v) is 6.86. The van der Waals surface area contributed by atoms with Crippen LogP contribution in [0.2, 0.25) is 0 Å². The molecule has 1 unspecified atom stereocenters. The fraction of sp³-hybridized carbons (Fsp3) is 0.571. The molecule has 1 atom stereocenters. The van der Waals surface area contributed by atoms with E-state index in [1.54, 1.807) is 10.7 Å². The van der Waals surface area contributed by atoms with Crippen LogP contribution < -0.4 is 10.1 Å². The Kier molecular flexibility index (Phi) is 3.35. The van der Waals surface area contributed by atoms with Crippen molar-refractivity contribution in [2.45, 2.75) is 32.5 Å². The van der Waals surface area contributed by atoms with Crippen molar-refractivity contribution in [1.82, 2.24) is 19.9 Å². The molecule has 0 aliphatic carbocycles. The van der Waals surface area contributed by atoms with E-state index in [1.165, 1.54) is 0 Å². The Labute approximate surface area is 118 Å². The number of aryl methyl sites for hydroxylation is 1. The average molecular weight is 276 g/mol. The van der Waals surface area contributed by atoms with Crippen LogP contribution in [0.1, 0.15) is 19.5 Å². The lowest BCUT2D eigenvalue weighted by Crippen LogP contribution is -2.52. The standard InChI is InChI=1S/C14H20N4O2/c1-10-6-12-13(16-4-5-18(12)17-10)19-8-11-7-15-9-14(2,3)20-11/h4-6,11,15H,7-9H2,1-3H3. The van der Waals surface area contributed by atoms with Crippen LogP contribution in [-0.4, -0.2) is 46.0 Å². The van der Waals surface area contributed by atoms with Gasteiger partial charge in [-0.3, -0.25) is 0 Å². The summed E-state index contributed by atoms with van der Waals surface area (Å²) in [5, 5.41) is 7.70. The van der Waals surface area contributed by atoms with E-state index in [-0.39, 0.29) is 11.7 Å². The number of nitrogens with one attached hydrogen (secondary N) is 1. The first-order valence-electron chi connectivity index (χ1n) is 6.86. The molecule has 1 fully saturated rings. The third kappa shape index (κ3) is 2.76. The molecule has 20 heavy (non-hydrogen) atoms. The maximum atomic E-state index is 5.98. The van der Waals surface area contributed by atoms with Crippen molar-refractivity contribution in [2.75, 3.05) is 19.7 Å².